The molecular weight excluding hydrogens is 336 g/mol. The molecule has 1 saturated carbocycles. The Morgan fingerprint density at radius 3 is 2.88 bits per heavy atom. The zero-order valence-corrected chi connectivity index (χ0v) is 15.3. The maximum atomic E-state index is 12.4. The number of rotatable bonds is 7. The van der Waals surface area contributed by atoms with Gasteiger partial charge in [0.05, 0.1) is 17.1 Å². The summed E-state index contributed by atoms with van der Waals surface area (Å²) in [6.45, 7) is 2.06. The Morgan fingerprint density at radius 2 is 2.20 bits per heavy atom. The fourth-order valence-corrected chi connectivity index (χ4v) is 2.96. The third-order valence-corrected chi connectivity index (χ3v) is 4.35. The van der Waals surface area contributed by atoms with Crippen molar-refractivity contribution >= 4 is 23.2 Å². The fourth-order valence-electron chi connectivity index (χ4n) is 2.79. The summed E-state index contributed by atoms with van der Waals surface area (Å²) in [6.07, 6.45) is 11.2. The van der Waals surface area contributed by atoms with Gasteiger partial charge in [0.25, 0.3) is 0 Å². The highest BCUT2D eigenvalue weighted by Gasteiger charge is 2.25. The number of allylic oxidation sites excluding steroid dienone is 3. The molecule has 2 aromatic rings. The highest BCUT2D eigenvalue weighted by atomic mass is 35.5. The summed E-state index contributed by atoms with van der Waals surface area (Å²) in [6, 6.07) is 3.63. The summed E-state index contributed by atoms with van der Waals surface area (Å²) in [5.74, 6) is 0.530. The van der Waals surface area contributed by atoms with Crippen LogP contribution in [-0.4, -0.2) is 22.3 Å². The molecule has 25 heavy (non-hydrogen) atoms. The average Bonchev–Trinajstić information content (AvgIpc) is 3.33. The van der Waals surface area contributed by atoms with Gasteiger partial charge in [0, 0.05) is 30.8 Å². The van der Waals surface area contributed by atoms with Crippen LogP contribution >= 0.6 is 11.6 Å². The second-order valence-corrected chi connectivity index (χ2v) is 6.70. The third-order valence-electron chi connectivity index (χ3n) is 4.13. The minimum atomic E-state index is -0.0725. The third kappa shape index (κ3) is 4.63. The van der Waals surface area contributed by atoms with Crippen LogP contribution in [0.2, 0.25) is 5.02 Å². The number of nitrogens with one attached hydrogen (secondary N) is 2. The Kier molecular flexibility index (Phi) is 5.43. The van der Waals surface area contributed by atoms with Gasteiger partial charge in [-0.1, -0.05) is 24.6 Å². The van der Waals surface area contributed by atoms with E-state index in [2.05, 4.69) is 22.5 Å². The molecule has 6 heteroatoms. The van der Waals surface area contributed by atoms with Crippen LogP contribution in [0.4, 0.5) is 0 Å². The van der Waals surface area contributed by atoms with Crippen LogP contribution in [0.25, 0.3) is 5.65 Å². The normalized spacial score (nSPS) is 15.5. The zero-order valence-electron chi connectivity index (χ0n) is 14.6. The molecule has 0 saturated heterocycles. The minimum absolute atomic E-state index is 0.0725. The summed E-state index contributed by atoms with van der Waals surface area (Å²) in [4.78, 5) is 16.9. The predicted octanol–water partition coefficient (Wildman–Crippen LogP) is 3.45. The van der Waals surface area contributed by atoms with Gasteiger partial charge < -0.3 is 15.0 Å². The van der Waals surface area contributed by atoms with Gasteiger partial charge in [-0.05, 0) is 43.4 Å². The Morgan fingerprint density at radius 1 is 1.40 bits per heavy atom. The second kappa shape index (κ2) is 7.74. The Bertz CT molecular complexity index is 833. The lowest BCUT2D eigenvalue weighted by Crippen LogP contribution is -2.25. The standard InChI is InChI=1S/C19H23ClN4O/c1-3-4-15(9-17(21-2)13-5-6-13)23-19(25)10-16-12-24-11-14(20)7-8-18(24)22-16/h4,7-9,11-13,21H,3,5-6,10H2,1-2H3,(H,23,25)/b15-4-,17-9-. The largest absolute Gasteiger partial charge is 0.391 e. The first-order valence-corrected chi connectivity index (χ1v) is 8.99. The lowest BCUT2D eigenvalue weighted by molar-refractivity contribution is -0.119. The van der Waals surface area contributed by atoms with Gasteiger partial charge in [0.2, 0.25) is 5.91 Å². The van der Waals surface area contributed by atoms with E-state index in [1.807, 2.05) is 35.9 Å². The number of amides is 1. The van der Waals surface area contributed by atoms with Crippen molar-refractivity contribution in [1.29, 1.82) is 0 Å². The van der Waals surface area contributed by atoms with E-state index in [0.29, 0.717) is 10.9 Å². The topological polar surface area (TPSA) is 58.4 Å². The quantitative estimate of drug-likeness (QED) is 0.745. The van der Waals surface area contributed by atoms with E-state index >= 15 is 0 Å². The van der Waals surface area contributed by atoms with Crippen LogP contribution in [0, 0.1) is 5.92 Å². The van der Waals surface area contributed by atoms with Crippen LogP contribution in [0.15, 0.2) is 48.1 Å². The first-order valence-electron chi connectivity index (χ1n) is 8.61. The number of imidazole rings is 1. The van der Waals surface area contributed by atoms with Gasteiger partial charge in [-0.2, -0.15) is 0 Å². The smallest absolute Gasteiger partial charge is 0.230 e. The lowest BCUT2D eigenvalue weighted by Gasteiger charge is -2.09. The van der Waals surface area contributed by atoms with E-state index in [-0.39, 0.29) is 12.3 Å². The number of halogens is 1. The highest BCUT2D eigenvalue weighted by molar-refractivity contribution is 6.30. The lowest BCUT2D eigenvalue weighted by atomic mass is 10.2. The second-order valence-electron chi connectivity index (χ2n) is 6.26. The summed E-state index contributed by atoms with van der Waals surface area (Å²) < 4.78 is 1.83. The SMILES string of the molecule is CC/C=C(/C=C(\NC)C1CC1)NC(=O)Cc1cn2cc(Cl)ccc2n1. The van der Waals surface area contributed by atoms with Crippen molar-refractivity contribution in [3.05, 3.63) is 58.8 Å². The molecule has 3 rings (SSSR count). The minimum Gasteiger partial charge on any atom is -0.391 e. The van der Waals surface area contributed by atoms with E-state index in [0.717, 1.165) is 23.5 Å². The molecule has 1 aliphatic carbocycles. The molecule has 2 aromatic heterocycles. The van der Waals surface area contributed by atoms with Crippen molar-refractivity contribution in [3.63, 3.8) is 0 Å². The molecule has 0 atom stereocenters. The van der Waals surface area contributed by atoms with Crippen LogP contribution in [-0.2, 0) is 11.2 Å². The number of nitrogens with zero attached hydrogens (tertiary/aromatic N) is 2. The number of carbonyl (C=O) groups excluding carboxylic acids is 1. The maximum absolute atomic E-state index is 12.4. The van der Waals surface area contributed by atoms with E-state index in [9.17, 15) is 4.79 Å². The van der Waals surface area contributed by atoms with E-state index in [4.69, 9.17) is 11.6 Å². The van der Waals surface area contributed by atoms with Crippen molar-refractivity contribution in [3.8, 4) is 0 Å². The monoisotopic (exact) mass is 358 g/mol. The maximum Gasteiger partial charge on any atom is 0.230 e. The van der Waals surface area contributed by atoms with Gasteiger partial charge in [-0.25, -0.2) is 4.98 Å². The number of hydrogen-bond acceptors (Lipinski definition) is 3. The van der Waals surface area contributed by atoms with E-state index in [1.54, 1.807) is 12.3 Å². The van der Waals surface area contributed by atoms with Gasteiger partial charge in [0.15, 0.2) is 0 Å². The predicted molar refractivity (Wildman–Crippen MR) is 100 cm³/mol. The molecule has 1 fully saturated rings. The molecule has 0 aromatic carbocycles. The number of hydrogen-bond donors (Lipinski definition) is 2. The molecule has 2 N–H and O–H groups in total. The van der Waals surface area contributed by atoms with Gasteiger partial charge in [-0.3, -0.25) is 4.79 Å². The number of fused-ring (bicyclic) bond motifs is 1. The number of pyridine rings is 1. The molecule has 0 spiro atoms. The Balaban J connectivity index is 1.69. The van der Waals surface area contributed by atoms with Crippen LogP contribution < -0.4 is 10.6 Å². The van der Waals surface area contributed by atoms with E-state index in [1.165, 1.54) is 18.5 Å². The van der Waals surface area contributed by atoms with Crippen LogP contribution in [0.1, 0.15) is 31.9 Å². The van der Waals surface area contributed by atoms with Gasteiger partial charge >= 0.3 is 0 Å². The van der Waals surface area contributed by atoms with Gasteiger partial charge in [-0.15, -0.1) is 0 Å². The van der Waals surface area contributed by atoms with Crippen molar-refractivity contribution in [2.75, 3.05) is 7.05 Å². The molecule has 0 unspecified atom stereocenters. The molecule has 2 heterocycles. The molecule has 0 bridgehead atoms. The molecule has 0 radical (unpaired) electrons. The molecule has 132 valence electrons. The van der Waals surface area contributed by atoms with Crippen molar-refractivity contribution in [2.45, 2.75) is 32.6 Å². The molecular formula is C19H23ClN4O. The summed E-state index contributed by atoms with van der Waals surface area (Å²) >= 11 is 5.98. The first kappa shape index (κ1) is 17.5. The van der Waals surface area contributed by atoms with Gasteiger partial charge in [0.1, 0.15) is 5.65 Å². The Labute approximate surface area is 152 Å². The molecule has 1 amide bonds. The van der Waals surface area contributed by atoms with Crippen LogP contribution in [0.3, 0.4) is 0 Å². The van der Waals surface area contributed by atoms with Crippen molar-refractivity contribution < 1.29 is 4.79 Å². The molecule has 0 aliphatic heterocycles. The van der Waals surface area contributed by atoms with E-state index < -0.39 is 0 Å². The fraction of sp³-hybridized carbons (Fsp3) is 0.368. The summed E-state index contributed by atoms with van der Waals surface area (Å²) in [5.41, 5.74) is 3.52. The summed E-state index contributed by atoms with van der Waals surface area (Å²) in [7, 11) is 1.93. The van der Waals surface area contributed by atoms with Crippen molar-refractivity contribution in [2.24, 2.45) is 5.92 Å². The van der Waals surface area contributed by atoms with Crippen molar-refractivity contribution in [1.82, 2.24) is 20.0 Å². The Hall–Kier alpha value is -2.27. The number of carbonyl (C=O) groups is 1. The summed E-state index contributed by atoms with van der Waals surface area (Å²) in [5, 5.41) is 6.88. The van der Waals surface area contributed by atoms with Crippen LogP contribution in [0.5, 0.6) is 0 Å². The molecule has 5 nitrogen and oxygen atoms in total. The number of aromatic nitrogens is 2. The highest BCUT2D eigenvalue weighted by Crippen LogP contribution is 2.35. The first-order chi connectivity index (χ1) is 12.1. The molecule has 1 aliphatic rings. The average molecular weight is 359 g/mol. The zero-order chi connectivity index (χ0) is 17.8.